The van der Waals surface area contributed by atoms with E-state index in [1.165, 1.54) is 0 Å². The fourth-order valence-electron chi connectivity index (χ4n) is 2.28. The number of rotatable bonds is 7. The molecule has 0 aromatic heterocycles. The van der Waals surface area contributed by atoms with Crippen molar-refractivity contribution in [1.29, 1.82) is 0 Å². The van der Waals surface area contributed by atoms with Crippen LogP contribution in [0.2, 0.25) is 0 Å². The van der Waals surface area contributed by atoms with E-state index in [0.717, 1.165) is 24.0 Å². The Morgan fingerprint density at radius 2 is 1.95 bits per heavy atom. The lowest BCUT2D eigenvalue weighted by Crippen LogP contribution is -2.31. The van der Waals surface area contributed by atoms with Crippen LogP contribution in [0.25, 0.3) is 0 Å². The van der Waals surface area contributed by atoms with Crippen molar-refractivity contribution in [2.75, 3.05) is 13.2 Å². The molecule has 3 nitrogen and oxygen atoms in total. The van der Waals surface area contributed by atoms with E-state index in [-0.39, 0.29) is 25.0 Å². The second-order valence-electron chi connectivity index (χ2n) is 5.71. The number of carbonyl (C=O) groups excluding carboxylic acids is 1. The summed E-state index contributed by atoms with van der Waals surface area (Å²) in [5.74, 6) is 0.141. The van der Waals surface area contributed by atoms with E-state index >= 15 is 0 Å². The van der Waals surface area contributed by atoms with Crippen LogP contribution in [0.5, 0.6) is 0 Å². The Morgan fingerprint density at radius 3 is 2.50 bits per heavy atom. The topological polar surface area (TPSA) is 38.3 Å². The third-order valence-electron chi connectivity index (χ3n) is 3.59. The fourth-order valence-corrected chi connectivity index (χ4v) is 2.28. The molecule has 0 spiro atoms. The number of amides is 1. The number of benzene rings is 1. The molecular weight excluding hydrogens is 295 g/mol. The van der Waals surface area contributed by atoms with E-state index in [2.05, 4.69) is 10.1 Å². The lowest BCUT2D eigenvalue weighted by atomic mass is 10.0. The SMILES string of the molecule is Cc1ccc(C(NC(=O)CCOCC(F)(F)F)C2CC2)cc1. The zero-order valence-corrected chi connectivity index (χ0v) is 12.5. The third kappa shape index (κ3) is 5.67. The van der Waals surface area contributed by atoms with Gasteiger partial charge in [0.15, 0.2) is 0 Å². The van der Waals surface area contributed by atoms with E-state index in [1.54, 1.807) is 0 Å². The predicted molar refractivity (Wildman–Crippen MR) is 76.3 cm³/mol. The largest absolute Gasteiger partial charge is 0.411 e. The Kier molecular flexibility index (Phi) is 5.45. The zero-order chi connectivity index (χ0) is 16.2. The van der Waals surface area contributed by atoms with Crippen LogP contribution < -0.4 is 5.32 Å². The van der Waals surface area contributed by atoms with Gasteiger partial charge in [0.1, 0.15) is 6.61 Å². The minimum absolute atomic E-state index is 0.0595. The molecule has 1 aliphatic rings. The first-order chi connectivity index (χ1) is 10.3. The highest BCUT2D eigenvalue weighted by Gasteiger charge is 2.33. The average molecular weight is 315 g/mol. The van der Waals surface area contributed by atoms with Crippen molar-refractivity contribution in [3.63, 3.8) is 0 Å². The molecule has 0 radical (unpaired) electrons. The third-order valence-corrected chi connectivity index (χ3v) is 3.59. The number of hydrogen-bond acceptors (Lipinski definition) is 2. The van der Waals surface area contributed by atoms with Gasteiger partial charge in [0, 0.05) is 6.42 Å². The molecule has 1 unspecified atom stereocenters. The first-order valence-electron chi connectivity index (χ1n) is 7.35. The molecule has 122 valence electrons. The maximum atomic E-state index is 11.9. The summed E-state index contributed by atoms with van der Waals surface area (Å²) in [7, 11) is 0. The fraction of sp³-hybridized carbons (Fsp3) is 0.562. The van der Waals surface area contributed by atoms with E-state index in [4.69, 9.17) is 0 Å². The first-order valence-corrected chi connectivity index (χ1v) is 7.35. The highest BCUT2D eigenvalue weighted by atomic mass is 19.4. The molecule has 0 heterocycles. The molecular formula is C16H20F3NO2. The van der Waals surface area contributed by atoms with Gasteiger partial charge in [-0.2, -0.15) is 13.2 Å². The van der Waals surface area contributed by atoms with Gasteiger partial charge in [-0.3, -0.25) is 4.79 Å². The van der Waals surface area contributed by atoms with Gasteiger partial charge in [0.25, 0.3) is 0 Å². The van der Waals surface area contributed by atoms with Crippen molar-refractivity contribution in [2.24, 2.45) is 5.92 Å². The number of ether oxygens (including phenoxy) is 1. The molecule has 22 heavy (non-hydrogen) atoms. The standard InChI is InChI=1S/C16H20F3NO2/c1-11-2-4-12(5-3-11)15(13-6-7-13)20-14(21)8-9-22-10-16(17,18)19/h2-5,13,15H,6-10H2,1H3,(H,20,21). The summed E-state index contributed by atoms with van der Waals surface area (Å²) < 4.78 is 40.3. The lowest BCUT2D eigenvalue weighted by molar-refractivity contribution is -0.174. The van der Waals surface area contributed by atoms with Crippen LogP contribution in [0.3, 0.4) is 0 Å². The van der Waals surface area contributed by atoms with Crippen LogP contribution in [-0.2, 0) is 9.53 Å². The van der Waals surface area contributed by atoms with Crippen molar-refractivity contribution in [2.45, 2.75) is 38.4 Å². The molecule has 1 aromatic carbocycles. The van der Waals surface area contributed by atoms with Crippen LogP contribution in [0, 0.1) is 12.8 Å². The second kappa shape index (κ2) is 7.13. The van der Waals surface area contributed by atoms with Gasteiger partial charge in [-0.1, -0.05) is 29.8 Å². The van der Waals surface area contributed by atoms with Gasteiger partial charge >= 0.3 is 6.18 Å². The summed E-state index contributed by atoms with van der Waals surface area (Å²) in [6.45, 7) is 0.452. The monoisotopic (exact) mass is 315 g/mol. The molecule has 6 heteroatoms. The molecule has 1 amide bonds. The zero-order valence-electron chi connectivity index (χ0n) is 12.5. The number of halogens is 3. The van der Waals surface area contributed by atoms with Crippen LogP contribution in [0.1, 0.15) is 36.4 Å². The number of aryl methyl sites for hydroxylation is 1. The number of hydrogen-bond donors (Lipinski definition) is 1. The normalized spacial score (nSPS) is 16.4. The smallest absolute Gasteiger partial charge is 0.372 e. The number of carbonyl (C=O) groups is 1. The highest BCUT2D eigenvalue weighted by Crippen LogP contribution is 2.41. The maximum Gasteiger partial charge on any atom is 0.411 e. The molecule has 0 saturated heterocycles. The Morgan fingerprint density at radius 1 is 1.32 bits per heavy atom. The molecule has 1 aromatic rings. The number of alkyl halides is 3. The van der Waals surface area contributed by atoms with Crippen molar-refractivity contribution in [1.82, 2.24) is 5.32 Å². The molecule has 1 N–H and O–H groups in total. The van der Waals surface area contributed by atoms with Gasteiger partial charge in [-0.15, -0.1) is 0 Å². The van der Waals surface area contributed by atoms with Gasteiger partial charge in [-0.05, 0) is 31.2 Å². The molecule has 1 fully saturated rings. The number of nitrogens with one attached hydrogen (secondary N) is 1. The van der Waals surface area contributed by atoms with Gasteiger partial charge in [0.2, 0.25) is 5.91 Å². The van der Waals surface area contributed by atoms with Gasteiger partial charge < -0.3 is 10.1 Å². The Bertz CT molecular complexity index is 495. The molecule has 1 atom stereocenters. The average Bonchev–Trinajstić information content (AvgIpc) is 3.26. The van der Waals surface area contributed by atoms with Crippen LogP contribution in [-0.4, -0.2) is 25.3 Å². The maximum absolute atomic E-state index is 11.9. The molecule has 0 bridgehead atoms. The Labute approximate surface area is 127 Å². The molecule has 2 rings (SSSR count). The quantitative estimate of drug-likeness (QED) is 0.782. The van der Waals surface area contributed by atoms with E-state index < -0.39 is 12.8 Å². The van der Waals surface area contributed by atoms with Crippen molar-refractivity contribution in [3.8, 4) is 0 Å². The summed E-state index contributed by atoms with van der Waals surface area (Å²) in [5.41, 5.74) is 2.18. The van der Waals surface area contributed by atoms with Crippen molar-refractivity contribution in [3.05, 3.63) is 35.4 Å². The van der Waals surface area contributed by atoms with Crippen LogP contribution >= 0.6 is 0 Å². The minimum Gasteiger partial charge on any atom is -0.372 e. The Balaban J connectivity index is 1.81. The Hall–Kier alpha value is -1.56. The summed E-state index contributed by atoms with van der Waals surface area (Å²) in [4.78, 5) is 11.9. The molecule has 0 aliphatic heterocycles. The molecule has 1 saturated carbocycles. The van der Waals surface area contributed by atoms with E-state index in [9.17, 15) is 18.0 Å². The summed E-state index contributed by atoms with van der Waals surface area (Å²) >= 11 is 0. The van der Waals surface area contributed by atoms with Gasteiger partial charge in [-0.25, -0.2) is 0 Å². The second-order valence-corrected chi connectivity index (χ2v) is 5.71. The first kappa shape index (κ1) is 16.8. The van der Waals surface area contributed by atoms with Crippen molar-refractivity contribution < 1.29 is 22.7 Å². The summed E-state index contributed by atoms with van der Waals surface area (Å²) in [5, 5.41) is 2.91. The summed E-state index contributed by atoms with van der Waals surface area (Å²) in [6, 6.07) is 7.89. The van der Waals surface area contributed by atoms with E-state index in [0.29, 0.717) is 5.92 Å². The van der Waals surface area contributed by atoms with Crippen LogP contribution in [0.4, 0.5) is 13.2 Å². The predicted octanol–water partition coefficient (Wildman–Crippen LogP) is 3.53. The van der Waals surface area contributed by atoms with Crippen molar-refractivity contribution >= 4 is 5.91 Å². The van der Waals surface area contributed by atoms with E-state index in [1.807, 2.05) is 31.2 Å². The lowest BCUT2D eigenvalue weighted by Gasteiger charge is -2.19. The van der Waals surface area contributed by atoms with Crippen LogP contribution in [0.15, 0.2) is 24.3 Å². The van der Waals surface area contributed by atoms with Gasteiger partial charge in [0.05, 0.1) is 12.6 Å². The minimum atomic E-state index is -4.35. The molecule has 1 aliphatic carbocycles. The summed E-state index contributed by atoms with van der Waals surface area (Å²) in [6.07, 6.45) is -2.30. The highest BCUT2D eigenvalue weighted by molar-refractivity contribution is 5.76.